The van der Waals surface area contributed by atoms with Crippen LogP contribution in [0.15, 0.2) is 53.3 Å². The van der Waals surface area contributed by atoms with Gasteiger partial charge in [-0.1, -0.05) is 42.5 Å². The monoisotopic (exact) mass is 276 g/mol. The highest BCUT2D eigenvalue weighted by Crippen LogP contribution is 2.28. The van der Waals surface area contributed by atoms with E-state index in [1.54, 1.807) is 0 Å². The highest BCUT2D eigenvalue weighted by Gasteiger charge is 2.11. The highest BCUT2D eigenvalue weighted by atomic mass is 16.1. The fourth-order valence-electron chi connectivity index (χ4n) is 2.68. The number of nitrogens with zero attached hydrogens (tertiary/aromatic N) is 1. The molecule has 0 bridgehead atoms. The second-order valence-corrected chi connectivity index (χ2v) is 4.94. The molecule has 0 amide bonds. The minimum atomic E-state index is -0.235. The summed E-state index contributed by atoms with van der Waals surface area (Å²) in [6.07, 6.45) is 0. The van der Waals surface area contributed by atoms with Gasteiger partial charge in [0.15, 0.2) is 5.82 Å². The summed E-state index contributed by atoms with van der Waals surface area (Å²) in [4.78, 5) is 15.1. The third-order valence-electron chi connectivity index (χ3n) is 3.67. The van der Waals surface area contributed by atoms with Crippen molar-refractivity contribution in [2.75, 3.05) is 5.73 Å². The topological polar surface area (TPSA) is 87.6 Å². The fraction of sp³-hybridized carbons (Fsp3) is 0. The minimum absolute atomic E-state index is 0.218. The van der Waals surface area contributed by atoms with Crippen molar-refractivity contribution in [2.45, 2.75) is 0 Å². The Morgan fingerprint density at radius 1 is 1.05 bits per heavy atom. The Labute approximate surface area is 119 Å². The van der Waals surface area contributed by atoms with Gasteiger partial charge >= 0.3 is 0 Å². The lowest BCUT2D eigenvalue weighted by molar-refractivity contribution is 1.13. The number of rotatable bonds is 1. The van der Waals surface area contributed by atoms with Gasteiger partial charge in [0, 0.05) is 5.56 Å². The van der Waals surface area contributed by atoms with Crippen molar-refractivity contribution in [1.82, 2.24) is 15.2 Å². The van der Waals surface area contributed by atoms with Crippen molar-refractivity contribution in [3.8, 4) is 11.3 Å². The number of nitrogens with one attached hydrogen (secondary N) is 2. The Balaban J connectivity index is 2.07. The first-order valence-corrected chi connectivity index (χ1v) is 6.59. The Kier molecular flexibility index (Phi) is 2.35. The molecule has 2 aromatic heterocycles. The van der Waals surface area contributed by atoms with Crippen LogP contribution >= 0.6 is 0 Å². The second-order valence-electron chi connectivity index (χ2n) is 4.94. The molecule has 0 radical (unpaired) electrons. The van der Waals surface area contributed by atoms with Crippen molar-refractivity contribution < 1.29 is 0 Å². The number of anilines is 1. The molecule has 0 saturated carbocycles. The van der Waals surface area contributed by atoms with Gasteiger partial charge in [-0.3, -0.25) is 9.89 Å². The van der Waals surface area contributed by atoms with E-state index in [1.807, 2.05) is 48.5 Å². The summed E-state index contributed by atoms with van der Waals surface area (Å²) < 4.78 is 0. The maximum atomic E-state index is 12.2. The normalized spacial score (nSPS) is 11.2. The molecule has 4 N–H and O–H groups in total. The number of hydrogen-bond acceptors (Lipinski definition) is 3. The Hall–Kier alpha value is -3.08. The molecule has 0 aliphatic heterocycles. The standard InChI is InChI=1S/C16H12N4O/c17-15-14-13(19-20-15)8-12(18-16(14)21)11-7-3-5-9-4-1-2-6-10(9)11/h1-8H,(H,18,21)(H3,17,19,20). The predicted molar refractivity (Wildman–Crippen MR) is 84.1 cm³/mol. The third-order valence-corrected chi connectivity index (χ3v) is 3.67. The number of aromatic nitrogens is 3. The number of hydrogen-bond donors (Lipinski definition) is 3. The fourth-order valence-corrected chi connectivity index (χ4v) is 2.68. The Morgan fingerprint density at radius 3 is 2.76 bits per heavy atom. The van der Waals surface area contributed by atoms with Crippen molar-refractivity contribution in [3.63, 3.8) is 0 Å². The summed E-state index contributed by atoms with van der Waals surface area (Å²) in [5.41, 5.74) is 7.81. The summed E-state index contributed by atoms with van der Waals surface area (Å²) in [5.74, 6) is 0.218. The molecular weight excluding hydrogens is 264 g/mol. The molecular formula is C16H12N4O. The molecule has 4 rings (SSSR count). The summed E-state index contributed by atoms with van der Waals surface area (Å²) in [5, 5.41) is 9.29. The van der Waals surface area contributed by atoms with Crippen molar-refractivity contribution >= 4 is 27.5 Å². The Morgan fingerprint density at radius 2 is 1.86 bits per heavy atom. The van der Waals surface area contributed by atoms with E-state index >= 15 is 0 Å². The molecule has 102 valence electrons. The van der Waals surface area contributed by atoms with Gasteiger partial charge in [0.2, 0.25) is 0 Å². The van der Waals surface area contributed by atoms with Crippen LogP contribution < -0.4 is 11.3 Å². The molecule has 0 aliphatic rings. The van der Waals surface area contributed by atoms with E-state index in [1.165, 1.54) is 0 Å². The number of fused-ring (bicyclic) bond motifs is 2. The molecule has 4 aromatic rings. The summed E-state index contributed by atoms with van der Waals surface area (Å²) in [7, 11) is 0. The van der Waals surface area contributed by atoms with Gasteiger partial charge in [-0.05, 0) is 16.8 Å². The average molecular weight is 276 g/mol. The molecule has 0 saturated heterocycles. The molecule has 0 fully saturated rings. The number of aromatic amines is 2. The first-order chi connectivity index (χ1) is 10.2. The molecule has 21 heavy (non-hydrogen) atoms. The lowest BCUT2D eigenvalue weighted by atomic mass is 10.0. The van der Waals surface area contributed by atoms with Crippen LogP contribution in [0.1, 0.15) is 0 Å². The lowest BCUT2D eigenvalue weighted by Gasteiger charge is -2.06. The van der Waals surface area contributed by atoms with Gasteiger partial charge in [-0.25, -0.2) is 0 Å². The molecule has 5 heteroatoms. The SMILES string of the molecule is Nc1n[nH]c2cc(-c3cccc4ccccc34)[nH]c(=O)c12. The number of nitrogens with two attached hydrogens (primary N) is 1. The van der Waals surface area contributed by atoms with E-state index in [-0.39, 0.29) is 11.4 Å². The van der Waals surface area contributed by atoms with Gasteiger partial charge in [-0.2, -0.15) is 5.10 Å². The van der Waals surface area contributed by atoms with Crippen LogP contribution in [-0.2, 0) is 0 Å². The average Bonchev–Trinajstić information content (AvgIpc) is 2.88. The zero-order valence-electron chi connectivity index (χ0n) is 11.1. The van der Waals surface area contributed by atoms with Crippen LogP contribution in [0.3, 0.4) is 0 Å². The van der Waals surface area contributed by atoms with Gasteiger partial charge in [0.1, 0.15) is 5.39 Å². The molecule has 0 atom stereocenters. The summed E-state index contributed by atoms with van der Waals surface area (Å²) in [6, 6.07) is 15.9. The number of nitrogen functional groups attached to an aromatic ring is 1. The van der Waals surface area contributed by atoms with Crippen molar-refractivity contribution in [1.29, 1.82) is 0 Å². The van der Waals surface area contributed by atoms with Gasteiger partial charge in [0.25, 0.3) is 5.56 Å². The van der Waals surface area contributed by atoms with Crippen LogP contribution in [0.4, 0.5) is 5.82 Å². The zero-order valence-corrected chi connectivity index (χ0v) is 11.1. The molecule has 0 spiro atoms. The third kappa shape index (κ3) is 1.71. The smallest absolute Gasteiger partial charge is 0.261 e. The van der Waals surface area contributed by atoms with Gasteiger partial charge < -0.3 is 10.7 Å². The summed E-state index contributed by atoms with van der Waals surface area (Å²) >= 11 is 0. The lowest BCUT2D eigenvalue weighted by Crippen LogP contribution is -2.08. The van der Waals surface area contributed by atoms with Crippen LogP contribution in [0.25, 0.3) is 32.9 Å². The van der Waals surface area contributed by atoms with Crippen LogP contribution in [0, 0.1) is 0 Å². The van der Waals surface area contributed by atoms with E-state index in [4.69, 9.17) is 5.73 Å². The zero-order chi connectivity index (χ0) is 14.4. The first-order valence-electron chi connectivity index (χ1n) is 6.59. The Bertz CT molecular complexity index is 1020. The minimum Gasteiger partial charge on any atom is -0.382 e. The second kappa shape index (κ2) is 4.21. The molecule has 2 heterocycles. The first kappa shape index (κ1) is 11.7. The van der Waals surface area contributed by atoms with E-state index in [0.29, 0.717) is 10.9 Å². The predicted octanol–water partition coefficient (Wildman–Crippen LogP) is 2.65. The number of pyridine rings is 1. The molecule has 2 aromatic carbocycles. The number of benzene rings is 2. The van der Waals surface area contributed by atoms with Gasteiger partial charge in [0.05, 0.1) is 11.2 Å². The maximum absolute atomic E-state index is 12.2. The van der Waals surface area contributed by atoms with Crippen molar-refractivity contribution in [3.05, 3.63) is 58.9 Å². The van der Waals surface area contributed by atoms with E-state index in [2.05, 4.69) is 15.2 Å². The van der Waals surface area contributed by atoms with Crippen LogP contribution in [0.5, 0.6) is 0 Å². The van der Waals surface area contributed by atoms with Crippen LogP contribution in [0.2, 0.25) is 0 Å². The van der Waals surface area contributed by atoms with Gasteiger partial charge in [-0.15, -0.1) is 0 Å². The molecule has 5 nitrogen and oxygen atoms in total. The largest absolute Gasteiger partial charge is 0.382 e. The molecule has 0 unspecified atom stereocenters. The maximum Gasteiger partial charge on any atom is 0.261 e. The van der Waals surface area contributed by atoms with Crippen LogP contribution in [-0.4, -0.2) is 15.2 Å². The summed E-state index contributed by atoms with van der Waals surface area (Å²) in [6.45, 7) is 0. The quantitative estimate of drug-likeness (QED) is 0.499. The van der Waals surface area contributed by atoms with E-state index < -0.39 is 0 Å². The van der Waals surface area contributed by atoms with E-state index in [9.17, 15) is 4.79 Å². The number of H-pyrrole nitrogens is 2. The highest BCUT2D eigenvalue weighted by molar-refractivity contribution is 5.98. The van der Waals surface area contributed by atoms with Crippen molar-refractivity contribution in [2.24, 2.45) is 0 Å². The molecule has 0 aliphatic carbocycles. The van der Waals surface area contributed by atoms with E-state index in [0.717, 1.165) is 22.0 Å².